The molecule has 0 aliphatic rings. The van der Waals surface area contributed by atoms with E-state index in [1.165, 1.54) is 0 Å². The molecule has 0 saturated carbocycles. The van der Waals surface area contributed by atoms with E-state index in [0.29, 0.717) is 0 Å². The number of Topliss-reactive ketones (excluding diaryl/α,β-unsaturated/α-hetero) is 1. The monoisotopic (exact) mass is 258 g/mol. The summed E-state index contributed by atoms with van der Waals surface area (Å²) >= 11 is 0. The zero-order valence-corrected chi connectivity index (χ0v) is 9.50. The maximum Gasteiger partial charge on any atom is 0.329 e. The molecule has 0 aliphatic carbocycles. The molecular weight excluding hydrogens is 243 g/mol. The van der Waals surface area contributed by atoms with Crippen LogP contribution in [0.3, 0.4) is 0 Å². The number of carbonyl (C=O) groups is 1. The minimum absolute atomic E-state index is 0.709. The number of aliphatic hydroxyl groups excluding tert-OH is 3. The minimum atomic E-state index is -2.33. The Labute approximate surface area is 93.0 Å². The first-order valence-electron chi connectivity index (χ1n) is 4.22. The molecule has 0 aromatic heterocycles. The van der Waals surface area contributed by atoms with Gasteiger partial charge in [0, 0.05) is 7.11 Å². The van der Waals surface area contributed by atoms with E-state index in [9.17, 15) is 15.0 Å². The molecule has 0 radical (unpaired) electrons. The van der Waals surface area contributed by atoms with Gasteiger partial charge in [-0.1, -0.05) is 0 Å². The number of aliphatic hydroxyl groups is 4. The van der Waals surface area contributed by atoms with E-state index in [4.69, 9.17) is 15.1 Å². The van der Waals surface area contributed by atoms with Crippen LogP contribution in [0.25, 0.3) is 0 Å². The van der Waals surface area contributed by atoms with Crippen LogP contribution in [0.1, 0.15) is 0 Å². The van der Waals surface area contributed by atoms with E-state index >= 15 is 0 Å². The van der Waals surface area contributed by atoms with Gasteiger partial charge >= 0.3 is 8.60 Å². The van der Waals surface area contributed by atoms with Gasteiger partial charge < -0.3 is 34.4 Å². The highest BCUT2D eigenvalue weighted by atomic mass is 31.2. The Kier molecular flexibility index (Phi) is 7.12. The van der Waals surface area contributed by atoms with Crippen molar-refractivity contribution in [1.29, 1.82) is 0 Å². The number of rotatable bonds is 8. The van der Waals surface area contributed by atoms with Crippen LogP contribution in [0, 0.1) is 0 Å². The van der Waals surface area contributed by atoms with Gasteiger partial charge in [-0.15, -0.1) is 0 Å². The van der Waals surface area contributed by atoms with Crippen LogP contribution in [0.4, 0.5) is 0 Å². The van der Waals surface area contributed by atoms with E-state index < -0.39 is 45.9 Å². The number of ketones is 1. The van der Waals surface area contributed by atoms with Gasteiger partial charge in [0.05, 0.1) is 13.2 Å². The summed E-state index contributed by atoms with van der Waals surface area (Å²) in [6.45, 7) is -2.69. The van der Waals surface area contributed by atoms with Crippen LogP contribution >= 0.6 is 8.60 Å². The number of hydrogen-bond donors (Lipinski definition) is 5. The average Bonchev–Trinajstić information content (AvgIpc) is 2.33. The van der Waals surface area contributed by atoms with Gasteiger partial charge in [-0.05, 0) is 0 Å². The lowest BCUT2D eigenvalue weighted by Gasteiger charge is -2.27. The minimum Gasteiger partial charge on any atom is -0.393 e. The smallest absolute Gasteiger partial charge is 0.329 e. The molecule has 0 aromatic carbocycles. The first-order chi connectivity index (χ1) is 7.41. The number of carbonyl (C=O) groups excluding carboxylic acids is 1. The predicted octanol–water partition coefficient (Wildman–Crippen LogP) is -2.49. The highest BCUT2D eigenvalue weighted by Crippen LogP contribution is 2.30. The van der Waals surface area contributed by atoms with Gasteiger partial charge in [-0.3, -0.25) is 4.79 Å². The van der Waals surface area contributed by atoms with Crippen molar-refractivity contribution < 1.29 is 39.2 Å². The van der Waals surface area contributed by atoms with Crippen LogP contribution in [-0.2, 0) is 13.8 Å². The Balaban J connectivity index is 4.27. The Bertz CT molecular complexity index is 218. The second-order valence-corrected chi connectivity index (χ2v) is 4.08. The maximum absolute atomic E-state index is 11.2. The first-order valence-corrected chi connectivity index (χ1v) is 5.35. The largest absolute Gasteiger partial charge is 0.393 e. The molecule has 9 heteroatoms. The molecule has 0 aromatic rings. The normalized spacial score (nSPS) is 15.9. The molecule has 0 fully saturated rings. The van der Waals surface area contributed by atoms with Crippen molar-refractivity contribution in [3.05, 3.63) is 0 Å². The lowest BCUT2D eigenvalue weighted by Crippen LogP contribution is -2.53. The molecule has 16 heavy (non-hydrogen) atoms. The third-order valence-corrected chi connectivity index (χ3v) is 2.50. The molecule has 96 valence electrons. The SMILES string of the molecule is COP(O)OCC(=O)C(O)C(O)(CO)CO. The predicted molar refractivity (Wildman–Crippen MR) is 52.2 cm³/mol. The van der Waals surface area contributed by atoms with Gasteiger partial charge in [0.1, 0.15) is 18.3 Å². The zero-order valence-electron chi connectivity index (χ0n) is 8.61. The lowest BCUT2D eigenvalue weighted by molar-refractivity contribution is -0.159. The van der Waals surface area contributed by atoms with Gasteiger partial charge in [0.25, 0.3) is 0 Å². The molecule has 0 amide bonds. The van der Waals surface area contributed by atoms with E-state index in [0.717, 1.165) is 7.11 Å². The topological polar surface area (TPSA) is 137 Å². The van der Waals surface area contributed by atoms with Crippen molar-refractivity contribution in [3.8, 4) is 0 Å². The number of hydrogen-bond acceptors (Lipinski definition) is 8. The summed E-state index contributed by atoms with van der Waals surface area (Å²) in [5.41, 5.74) is -2.33. The molecule has 2 unspecified atom stereocenters. The van der Waals surface area contributed by atoms with Crippen molar-refractivity contribution in [2.24, 2.45) is 0 Å². The van der Waals surface area contributed by atoms with Crippen molar-refractivity contribution in [1.82, 2.24) is 0 Å². The quantitative estimate of drug-likeness (QED) is 0.302. The van der Waals surface area contributed by atoms with E-state index in [-0.39, 0.29) is 0 Å². The molecular formula is C7H15O8P. The molecule has 0 heterocycles. The van der Waals surface area contributed by atoms with Crippen LogP contribution in [0.5, 0.6) is 0 Å². The lowest BCUT2D eigenvalue weighted by atomic mass is 9.96. The Morgan fingerprint density at radius 3 is 2.31 bits per heavy atom. The second kappa shape index (κ2) is 7.21. The van der Waals surface area contributed by atoms with E-state index in [1.807, 2.05) is 0 Å². The molecule has 0 aliphatic heterocycles. The fourth-order valence-corrected chi connectivity index (χ4v) is 1.12. The molecule has 5 N–H and O–H groups in total. The summed E-state index contributed by atoms with van der Waals surface area (Å²) in [5.74, 6) is -0.996. The summed E-state index contributed by atoms with van der Waals surface area (Å²) in [7, 11) is -1.06. The van der Waals surface area contributed by atoms with E-state index in [1.54, 1.807) is 0 Å². The van der Waals surface area contributed by atoms with E-state index in [2.05, 4.69) is 9.05 Å². The second-order valence-electron chi connectivity index (χ2n) is 2.98. The van der Waals surface area contributed by atoms with Crippen LogP contribution in [-0.4, -0.2) is 69.7 Å². The van der Waals surface area contributed by atoms with Gasteiger partial charge in [0.15, 0.2) is 5.78 Å². The standard InChI is InChI=1S/C7H15O8P/c1-14-16(13)15-2-5(10)6(11)7(12,3-8)4-9/h6,8-9,11-13H,2-4H2,1H3. The zero-order chi connectivity index (χ0) is 12.8. The molecule has 8 nitrogen and oxygen atoms in total. The fourth-order valence-electron chi connectivity index (χ4n) is 0.773. The van der Waals surface area contributed by atoms with Crippen molar-refractivity contribution in [3.63, 3.8) is 0 Å². The fraction of sp³-hybridized carbons (Fsp3) is 0.857. The summed E-state index contributed by atoms with van der Waals surface area (Å²) in [6, 6.07) is 0. The average molecular weight is 258 g/mol. The van der Waals surface area contributed by atoms with Crippen LogP contribution in [0.15, 0.2) is 0 Å². The summed E-state index contributed by atoms with van der Waals surface area (Å²) in [4.78, 5) is 20.0. The third-order valence-electron chi connectivity index (χ3n) is 1.83. The Morgan fingerprint density at radius 1 is 1.44 bits per heavy atom. The van der Waals surface area contributed by atoms with Crippen molar-refractivity contribution in [2.75, 3.05) is 26.9 Å². The molecule has 0 bridgehead atoms. The van der Waals surface area contributed by atoms with Gasteiger partial charge in [0.2, 0.25) is 0 Å². The van der Waals surface area contributed by atoms with Gasteiger partial charge in [-0.25, -0.2) is 0 Å². The molecule has 0 saturated heterocycles. The van der Waals surface area contributed by atoms with Gasteiger partial charge in [-0.2, -0.15) is 0 Å². The van der Waals surface area contributed by atoms with Crippen LogP contribution in [0.2, 0.25) is 0 Å². The Hall–Kier alpha value is -0.180. The van der Waals surface area contributed by atoms with Crippen molar-refractivity contribution >= 4 is 14.4 Å². The highest BCUT2D eigenvalue weighted by molar-refractivity contribution is 7.40. The molecule has 0 spiro atoms. The van der Waals surface area contributed by atoms with Crippen molar-refractivity contribution in [2.45, 2.75) is 11.7 Å². The third kappa shape index (κ3) is 4.36. The summed E-state index contributed by atoms with van der Waals surface area (Å²) in [6.07, 6.45) is -2.01. The maximum atomic E-state index is 11.2. The molecule has 0 rings (SSSR count). The summed E-state index contributed by atoms with van der Waals surface area (Å²) < 4.78 is 8.79. The van der Waals surface area contributed by atoms with Crippen LogP contribution < -0.4 is 0 Å². The Morgan fingerprint density at radius 2 is 1.94 bits per heavy atom. The highest BCUT2D eigenvalue weighted by Gasteiger charge is 2.39. The molecule has 2 atom stereocenters. The first kappa shape index (κ1) is 15.8. The summed E-state index contributed by atoms with van der Waals surface area (Å²) in [5, 5.41) is 36.1.